The van der Waals surface area contributed by atoms with Crippen molar-refractivity contribution in [2.75, 3.05) is 79.4 Å². The smallest absolute Gasteiger partial charge is 0.248 e. The largest absolute Gasteiger partial charge is 0.381 e. The number of methoxy groups -OCH3 is 1. The molecule has 0 aromatic heterocycles. The topological polar surface area (TPSA) is 54.5 Å². The Morgan fingerprint density at radius 2 is 1.96 bits per heavy atom. The van der Waals surface area contributed by atoms with Crippen molar-refractivity contribution in [1.82, 2.24) is 14.7 Å². The maximum Gasteiger partial charge on any atom is 0.248 e. The summed E-state index contributed by atoms with van der Waals surface area (Å²) in [5, 5.41) is 0. The number of ether oxygens (including phenoxy) is 3. The van der Waals surface area contributed by atoms with E-state index in [1.165, 1.54) is 19.4 Å². The maximum absolute atomic E-state index is 12.4. The third-order valence-electron chi connectivity index (χ3n) is 6.27. The van der Waals surface area contributed by atoms with E-state index in [0.29, 0.717) is 6.04 Å². The summed E-state index contributed by atoms with van der Waals surface area (Å²) in [5.41, 5.74) is 0.112. The van der Waals surface area contributed by atoms with Crippen molar-refractivity contribution in [3.05, 3.63) is 0 Å². The standard InChI is InChI=1S/C18H31N3O4/c1-23-11-17(22)20-9-16-10-25-7-4-21(16)18(14-20)12-19(13-18)8-15-2-5-24-6-3-15/h15-16H,2-14H2,1H3. The Kier molecular flexibility index (Phi) is 5.29. The highest BCUT2D eigenvalue weighted by Gasteiger charge is 2.54. The first-order chi connectivity index (χ1) is 12.2. The molecule has 1 atom stereocenters. The number of amides is 1. The average Bonchev–Trinajstić information content (AvgIpc) is 2.61. The van der Waals surface area contributed by atoms with Crippen LogP contribution in [0.3, 0.4) is 0 Å². The number of rotatable bonds is 4. The summed E-state index contributed by atoms with van der Waals surface area (Å²) in [6.07, 6.45) is 2.37. The number of hydrogen-bond donors (Lipinski definition) is 0. The Bertz CT molecular complexity index is 477. The van der Waals surface area contributed by atoms with Crippen molar-refractivity contribution in [3.8, 4) is 0 Å². The van der Waals surface area contributed by atoms with Gasteiger partial charge in [-0.1, -0.05) is 0 Å². The van der Waals surface area contributed by atoms with Gasteiger partial charge in [0.2, 0.25) is 5.91 Å². The number of carbonyl (C=O) groups is 1. The van der Waals surface area contributed by atoms with Crippen molar-refractivity contribution in [2.45, 2.75) is 24.4 Å². The van der Waals surface area contributed by atoms with Crippen LogP contribution in [0, 0.1) is 5.92 Å². The van der Waals surface area contributed by atoms with Crippen LogP contribution in [0.1, 0.15) is 12.8 Å². The van der Waals surface area contributed by atoms with Gasteiger partial charge in [0.05, 0.1) is 24.8 Å². The summed E-state index contributed by atoms with van der Waals surface area (Å²) >= 11 is 0. The minimum absolute atomic E-state index is 0.106. The molecule has 4 fully saturated rings. The number of hydrogen-bond acceptors (Lipinski definition) is 6. The molecule has 0 saturated carbocycles. The Hall–Kier alpha value is -0.730. The van der Waals surface area contributed by atoms with Gasteiger partial charge in [-0.25, -0.2) is 0 Å². The number of piperazine rings is 1. The summed E-state index contributed by atoms with van der Waals surface area (Å²) in [6, 6.07) is 0.327. The number of fused-ring (bicyclic) bond motifs is 2. The van der Waals surface area contributed by atoms with E-state index in [4.69, 9.17) is 14.2 Å². The van der Waals surface area contributed by atoms with Gasteiger partial charge < -0.3 is 19.1 Å². The summed E-state index contributed by atoms with van der Waals surface area (Å²) in [4.78, 5) is 19.6. The fourth-order valence-corrected chi connectivity index (χ4v) is 5.09. The van der Waals surface area contributed by atoms with E-state index in [-0.39, 0.29) is 18.1 Å². The summed E-state index contributed by atoms with van der Waals surface area (Å²) in [6.45, 7) is 9.43. The average molecular weight is 353 g/mol. The molecule has 1 amide bonds. The van der Waals surface area contributed by atoms with Crippen LogP contribution in [-0.2, 0) is 19.0 Å². The second-order valence-electron chi connectivity index (χ2n) is 8.08. The van der Waals surface area contributed by atoms with Crippen LogP contribution in [0.25, 0.3) is 0 Å². The Balaban J connectivity index is 1.40. The van der Waals surface area contributed by atoms with E-state index < -0.39 is 0 Å². The Labute approximate surface area is 150 Å². The molecule has 4 heterocycles. The fourth-order valence-electron chi connectivity index (χ4n) is 5.09. The molecule has 0 radical (unpaired) electrons. The van der Waals surface area contributed by atoms with Gasteiger partial charge in [0.25, 0.3) is 0 Å². The van der Waals surface area contributed by atoms with Gasteiger partial charge in [0.15, 0.2) is 0 Å². The second kappa shape index (κ2) is 7.48. The fraction of sp³-hybridized carbons (Fsp3) is 0.944. The van der Waals surface area contributed by atoms with Gasteiger partial charge in [-0.15, -0.1) is 0 Å². The van der Waals surface area contributed by atoms with Crippen LogP contribution >= 0.6 is 0 Å². The molecule has 4 rings (SSSR count). The number of likely N-dealkylation sites (tertiary alicyclic amines) is 1. The molecule has 7 nitrogen and oxygen atoms in total. The number of carbonyl (C=O) groups excluding carboxylic acids is 1. The van der Waals surface area contributed by atoms with E-state index >= 15 is 0 Å². The molecule has 0 bridgehead atoms. The maximum atomic E-state index is 12.4. The lowest BCUT2D eigenvalue weighted by molar-refractivity contribution is -0.178. The van der Waals surface area contributed by atoms with Gasteiger partial charge in [-0.3, -0.25) is 14.6 Å². The first kappa shape index (κ1) is 17.7. The van der Waals surface area contributed by atoms with E-state index in [0.717, 1.165) is 65.1 Å². The van der Waals surface area contributed by atoms with E-state index in [2.05, 4.69) is 9.80 Å². The molecule has 7 heteroatoms. The zero-order chi connectivity index (χ0) is 17.3. The minimum Gasteiger partial charge on any atom is -0.381 e. The van der Waals surface area contributed by atoms with Crippen LogP contribution < -0.4 is 0 Å². The second-order valence-corrected chi connectivity index (χ2v) is 8.08. The summed E-state index contributed by atoms with van der Waals surface area (Å²) in [5.74, 6) is 0.872. The zero-order valence-electron chi connectivity index (χ0n) is 15.3. The SMILES string of the molecule is COCC(=O)N1CC2COCCN2C2(CN(CC3CCOCC3)C2)C1. The first-order valence-electron chi connectivity index (χ1n) is 9.61. The third-order valence-corrected chi connectivity index (χ3v) is 6.27. The van der Waals surface area contributed by atoms with Crippen LogP contribution in [0.4, 0.5) is 0 Å². The van der Waals surface area contributed by atoms with Crippen molar-refractivity contribution >= 4 is 5.91 Å². The van der Waals surface area contributed by atoms with Gasteiger partial charge in [0.1, 0.15) is 6.61 Å². The van der Waals surface area contributed by atoms with E-state index in [1.54, 1.807) is 7.11 Å². The predicted molar refractivity (Wildman–Crippen MR) is 92.5 cm³/mol. The predicted octanol–water partition coefficient (Wildman–Crippen LogP) is -0.343. The van der Waals surface area contributed by atoms with Crippen molar-refractivity contribution in [2.24, 2.45) is 5.92 Å². The van der Waals surface area contributed by atoms with Crippen LogP contribution in [-0.4, -0.2) is 112 Å². The molecule has 4 saturated heterocycles. The molecule has 25 heavy (non-hydrogen) atoms. The number of nitrogens with zero attached hydrogens (tertiary/aromatic N) is 3. The van der Waals surface area contributed by atoms with Gasteiger partial charge in [-0.05, 0) is 18.8 Å². The Morgan fingerprint density at radius 3 is 2.72 bits per heavy atom. The third kappa shape index (κ3) is 3.57. The highest BCUT2D eigenvalue weighted by Crippen LogP contribution is 2.36. The number of morpholine rings is 1. The van der Waals surface area contributed by atoms with Crippen LogP contribution in [0.5, 0.6) is 0 Å². The normalized spacial score (nSPS) is 30.9. The molecular weight excluding hydrogens is 322 g/mol. The van der Waals surface area contributed by atoms with Crippen molar-refractivity contribution in [3.63, 3.8) is 0 Å². The molecule has 0 aliphatic carbocycles. The molecule has 1 unspecified atom stereocenters. The van der Waals surface area contributed by atoms with E-state index in [1.807, 2.05) is 4.90 Å². The first-order valence-corrected chi connectivity index (χ1v) is 9.61. The van der Waals surface area contributed by atoms with Crippen LogP contribution in [0.2, 0.25) is 0 Å². The molecule has 0 aromatic rings. The molecule has 142 valence electrons. The zero-order valence-corrected chi connectivity index (χ0v) is 15.3. The van der Waals surface area contributed by atoms with Gasteiger partial charge in [0, 0.05) is 59.6 Å². The van der Waals surface area contributed by atoms with Gasteiger partial charge >= 0.3 is 0 Å². The summed E-state index contributed by atoms with van der Waals surface area (Å²) in [7, 11) is 1.59. The van der Waals surface area contributed by atoms with Crippen molar-refractivity contribution in [1.29, 1.82) is 0 Å². The lowest BCUT2D eigenvalue weighted by Gasteiger charge is -2.63. The van der Waals surface area contributed by atoms with Gasteiger partial charge in [-0.2, -0.15) is 0 Å². The lowest BCUT2D eigenvalue weighted by atomic mass is 9.81. The van der Waals surface area contributed by atoms with Crippen LogP contribution in [0.15, 0.2) is 0 Å². The molecule has 1 spiro atoms. The molecule has 0 N–H and O–H groups in total. The summed E-state index contributed by atoms with van der Waals surface area (Å²) < 4.78 is 16.3. The lowest BCUT2D eigenvalue weighted by Crippen LogP contribution is -2.81. The molecule has 4 aliphatic rings. The molecular formula is C18H31N3O4. The van der Waals surface area contributed by atoms with Crippen molar-refractivity contribution < 1.29 is 19.0 Å². The quantitative estimate of drug-likeness (QED) is 0.689. The minimum atomic E-state index is 0.106. The highest BCUT2D eigenvalue weighted by molar-refractivity contribution is 5.77. The molecule has 0 aromatic carbocycles. The highest BCUT2D eigenvalue weighted by atomic mass is 16.5. The monoisotopic (exact) mass is 353 g/mol. The van der Waals surface area contributed by atoms with E-state index in [9.17, 15) is 4.79 Å². The molecule has 4 aliphatic heterocycles. The Morgan fingerprint density at radius 1 is 1.16 bits per heavy atom.